The Morgan fingerprint density at radius 2 is 2.00 bits per heavy atom. The molecular formula is C14H21NO3. The molecule has 0 bridgehead atoms. The van der Waals surface area contributed by atoms with Crippen molar-refractivity contribution in [3.8, 4) is 0 Å². The quantitative estimate of drug-likeness (QED) is 0.736. The van der Waals surface area contributed by atoms with Crippen molar-refractivity contribution in [3.63, 3.8) is 0 Å². The molecule has 4 nitrogen and oxygen atoms in total. The minimum absolute atomic E-state index is 0.132. The monoisotopic (exact) mass is 251 g/mol. The summed E-state index contributed by atoms with van der Waals surface area (Å²) in [4.78, 5) is 13.0. The van der Waals surface area contributed by atoms with Gasteiger partial charge in [0.1, 0.15) is 0 Å². The first-order chi connectivity index (χ1) is 8.63. The Hall–Kier alpha value is -1.39. The Morgan fingerprint density at radius 1 is 1.33 bits per heavy atom. The summed E-state index contributed by atoms with van der Waals surface area (Å²) >= 11 is 0. The molecule has 0 saturated carbocycles. The van der Waals surface area contributed by atoms with Crippen molar-refractivity contribution in [2.45, 2.75) is 19.9 Å². The molecule has 0 amide bonds. The number of carboxylic acid groups (broad SMARTS) is 1. The smallest absolute Gasteiger partial charge is 0.307 e. The van der Waals surface area contributed by atoms with E-state index in [0.717, 1.165) is 12.1 Å². The van der Waals surface area contributed by atoms with Gasteiger partial charge in [0, 0.05) is 26.2 Å². The van der Waals surface area contributed by atoms with Crippen molar-refractivity contribution in [2.75, 3.05) is 19.7 Å². The van der Waals surface area contributed by atoms with Crippen molar-refractivity contribution in [1.29, 1.82) is 0 Å². The molecule has 0 saturated heterocycles. The van der Waals surface area contributed by atoms with Gasteiger partial charge in [0.05, 0.1) is 5.92 Å². The van der Waals surface area contributed by atoms with Crippen LogP contribution in [0.1, 0.15) is 18.9 Å². The van der Waals surface area contributed by atoms with Crippen molar-refractivity contribution in [2.24, 2.45) is 5.92 Å². The fourth-order valence-electron chi connectivity index (χ4n) is 1.84. The topological polar surface area (TPSA) is 60.8 Å². The molecule has 100 valence electrons. The number of carboxylic acids is 1. The van der Waals surface area contributed by atoms with Crippen molar-refractivity contribution in [3.05, 3.63) is 35.9 Å². The fraction of sp³-hybridized carbons (Fsp3) is 0.500. The predicted octanol–water partition coefficient (Wildman–Crippen LogP) is 1.59. The van der Waals surface area contributed by atoms with Gasteiger partial charge in [-0.3, -0.25) is 9.69 Å². The summed E-state index contributed by atoms with van der Waals surface area (Å²) in [6.45, 7) is 3.78. The molecule has 0 fully saturated rings. The SMILES string of the molecule is CC(CN(CCCO)Cc1ccccc1)C(=O)O. The number of hydrogen-bond acceptors (Lipinski definition) is 3. The van der Waals surface area contributed by atoms with Gasteiger partial charge in [-0.1, -0.05) is 37.3 Å². The maximum absolute atomic E-state index is 10.9. The number of aliphatic hydroxyl groups is 1. The third-order valence-corrected chi connectivity index (χ3v) is 2.84. The molecule has 0 radical (unpaired) electrons. The van der Waals surface area contributed by atoms with Crippen LogP contribution >= 0.6 is 0 Å². The highest BCUT2D eigenvalue weighted by Crippen LogP contribution is 2.08. The van der Waals surface area contributed by atoms with Gasteiger partial charge in [0.25, 0.3) is 0 Å². The standard InChI is InChI=1S/C14H21NO3/c1-12(14(17)18)10-15(8-5-9-16)11-13-6-3-2-4-7-13/h2-4,6-7,12,16H,5,8-11H2,1H3,(H,17,18). The lowest BCUT2D eigenvalue weighted by atomic mass is 10.1. The second kappa shape index (κ2) is 7.84. The number of hydrogen-bond donors (Lipinski definition) is 2. The summed E-state index contributed by atoms with van der Waals surface area (Å²) in [5, 5.41) is 17.8. The van der Waals surface area contributed by atoms with E-state index in [0.29, 0.717) is 19.5 Å². The Bertz CT molecular complexity index is 353. The maximum atomic E-state index is 10.9. The van der Waals surface area contributed by atoms with Gasteiger partial charge in [0.15, 0.2) is 0 Å². The molecule has 1 unspecified atom stereocenters. The van der Waals surface area contributed by atoms with Crippen LogP contribution in [0.4, 0.5) is 0 Å². The molecule has 0 heterocycles. The van der Waals surface area contributed by atoms with Crippen LogP contribution in [-0.4, -0.2) is 40.8 Å². The lowest BCUT2D eigenvalue weighted by Gasteiger charge is -2.24. The lowest BCUT2D eigenvalue weighted by Crippen LogP contribution is -2.32. The van der Waals surface area contributed by atoms with Gasteiger partial charge in [-0.2, -0.15) is 0 Å². The van der Waals surface area contributed by atoms with E-state index in [1.807, 2.05) is 30.3 Å². The highest BCUT2D eigenvalue weighted by Gasteiger charge is 2.16. The molecule has 4 heteroatoms. The van der Waals surface area contributed by atoms with Crippen molar-refractivity contribution >= 4 is 5.97 Å². The maximum Gasteiger partial charge on any atom is 0.307 e. The van der Waals surface area contributed by atoms with Gasteiger partial charge in [-0.15, -0.1) is 0 Å². The lowest BCUT2D eigenvalue weighted by molar-refractivity contribution is -0.141. The Balaban J connectivity index is 2.57. The number of aliphatic carboxylic acids is 1. The van der Waals surface area contributed by atoms with E-state index in [1.54, 1.807) is 6.92 Å². The van der Waals surface area contributed by atoms with Crippen molar-refractivity contribution < 1.29 is 15.0 Å². The van der Waals surface area contributed by atoms with Gasteiger partial charge >= 0.3 is 5.97 Å². The largest absolute Gasteiger partial charge is 0.481 e. The number of carbonyl (C=O) groups is 1. The zero-order valence-electron chi connectivity index (χ0n) is 10.7. The van der Waals surface area contributed by atoms with E-state index >= 15 is 0 Å². The van der Waals surface area contributed by atoms with Crippen LogP contribution in [0, 0.1) is 5.92 Å². The molecule has 0 aliphatic heterocycles. The van der Waals surface area contributed by atoms with Crippen LogP contribution in [-0.2, 0) is 11.3 Å². The van der Waals surface area contributed by atoms with Gasteiger partial charge in [-0.05, 0) is 12.0 Å². The predicted molar refractivity (Wildman–Crippen MR) is 70.2 cm³/mol. The normalized spacial score (nSPS) is 12.6. The van der Waals surface area contributed by atoms with Crippen LogP contribution < -0.4 is 0 Å². The van der Waals surface area contributed by atoms with Crippen LogP contribution in [0.5, 0.6) is 0 Å². The minimum atomic E-state index is -0.780. The molecule has 2 N–H and O–H groups in total. The van der Waals surface area contributed by atoms with Crippen LogP contribution in [0.25, 0.3) is 0 Å². The Kier molecular flexibility index (Phi) is 6.39. The molecule has 1 aromatic rings. The molecule has 0 aromatic heterocycles. The summed E-state index contributed by atoms with van der Waals surface area (Å²) in [6.07, 6.45) is 0.666. The highest BCUT2D eigenvalue weighted by atomic mass is 16.4. The van der Waals surface area contributed by atoms with Gasteiger partial charge in [0.2, 0.25) is 0 Å². The molecular weight excluding hydrogens is 230 g/mol. The summed E-state index contributed by atoms with van der Waals surface area (Å²) in [5.41, 5.74) is 1.16. The fourth-order valence-corrected chi connectivity index (χ4v) is 1.84. The van der Waals surface area contributed by atoms with Crippen LogP contribution in [0.3, 0.4) is 0 Å². The number of rotatable bonds is 8. The molecule has 18 heavy (non-hydrogen) atoms. The summed E-state index contributed by atoms with van der Waals surface area (Å²) < 4.78 is 0. The number of nitrogens with zero attached hydrogens (tertiary/aromatic N) is 1. The average Bonchev–Trinajstić information content (AvgIpc) is 2.37. The van der Waals surface area contributed by atoms with Crippen LogP contribution in [0.2, 0.25) is 0 Å². The van der Waals surface area contributed by atoms with Crippen LogP contribution in [0.15, 0.2) is 30.3 Å². The van der Waals surface area contributed by atoms with E-state index in [9.17, 15) is 4.79 Å². The zero-order chi connectivity index (χ0) is 13.4. The molecule has 0 aliphatic carbocycles. The Morgan fingerprint density at radius 3 is 2.56 bits per heavy atom. The van der Waals surface area contributed by atoms with E-state index in [4.69, 9.17) is 10.2 Å². The van der Waals surface area contributed by atoms with E-state index < -0.39 is 11.9 Å². The second-order valence-corrected chi connectivity index (χ2v) is 4.54. The molecule has 1 atom stereocenters. The number of aliphatic hydroxyl groups excluding tert-OH is 1. The second-order valence-electron chi connectivity index (χ2n) is 4.54. The summed E-state index contributed by atoms with van der Waals surface area (Å²) in [7, 11) is 0. The van der Waals surface area contributed by atoms with E-state index in [-0.39, 0.29) is 6.61 Å². The molecule has 0 spiro atoms. The third-order valence-electron chi connectivity index (χ3n) is 2.84. The summed E-state index contributed by atoms with van der Waals surface area (Å²) in [5.74, 6) is -1.18. The number of benzene rings is 1. The Labute approximate surface area is 108 Å². The first kappa shape index (κ1) is 14.7. The van der Waals surface area contributed by atoms with Gasteiger partial charge < -0.3 is 10.2 Å². The van der Waals surface area contributed by atoms with Gasteiger partial charge in [-0.25, -0.2) is 0 Å². The molecule has 0 aliphatic rings. The highest BCUT2D eigenvalue weighted by molar-refractivity contribution is 5.69. The first-order valence-corrected chi connectivity index (χ1v) is 6.23. The average molecular weight is 251 g/mol. The van der Waals surface area contributed by atoms with E-state index in [1.165, 1.54) is 0 Å². The first-order valence-electron chi connectivity index (χ1n) is 6.23. The van der Waals surface area contributed by atoms with E-state index in [2.05, 4.69) is 4.90 Å². The summed E-state index contributed by atoms with van der Waals surface area (Å²) in [6, 6.07) is 9.95. The minimum Gasteiger partial charge on any atom is -0.481 e. The third kappa shape index (κ3) is 5.29. The zero-order valence-corrected chi connectivity index (χ0v) is 10.7. The van der Waals surface area contributed by atoms with Crippen molar-refractivity contribution in [1.82, 2.24) is 4.90 Å². The molecule has 1 aromatic carbocycles. The molecule has 1 rings (SSSR count).